The summed E-state index contributed by atoms with van der Waals surface area (Å²) in [6.07, 6.45) is 3.84. The van der Waals surface area contributed by atoms with Crippen molar-refractivity contribution in [3.63, 3.8) is 0 Å². The molecule has 2 aromatic rings. The minimum absolute atomic E-state index is 0.273. The summed E-state index contributed by atoms with van der Waals surface area (Å²) in [6.45, 7) is 4.20. The van der Waals surface area contributed by atoms with Gasteiger partial charge in [0, 0.05) is 27.7 Å². The monoisotopic (exact) mass is 323 g/mol. The molecule has 1 aromatic heterocycles. The summed E-state index contributed by atoms with van der Waals surface area (Å²) in [5, 5.41) is 6.52. The molecule has 0 bridgehead atoms. The van der Waals surface area contributed by atoms with E-state index in [1.54, 1.807) is 23.1 Å². The summed E-state index contributed by atoms with van der Waals surface area (Å²) in [5.74, 6) is 0. The number of nitrogens with zero attached hydrogens (tertiary/aromatic N) is 1. The molecule has 6 heteroatoms. The average molecular weight is 324 g/mol. The number of rotatable bonds is 5. The van der Waals surface area contributed by atoms with E-state index in [1.807, 2.05) is 36.0 Å². The van der Waals surface area contributed by atoms with Crippen molar-refractivity contribution in [2.75, 3.05) is 11.6 Å². The van der Waals surface area contributed by atoms with Gasteiger partial charge in [-0.3, -0.25) is 0 Å². The lowest BCUT2D eigenvalue weighted by molar-refractivity contribution is 0.604. The maximum absolute atomic E-state index is 5.89. The molecule has 2 rings (SSSR count). The molecule has 0 amide bonds. The van der Waals surface area contributed by atoms with E-state index in [1.165, 1.54) is 0 Å². The van der Waals surface area contributed by atoms with Crippen LogP contribution < -0.4 is 11.1 Å². The molecule has 20 heavy (non-hydrogen) atoms. The largest absolute Gasteiger partial charge is 0.389 e. The Morgan fingerprint density at radius 2 is 2.20 bits per heavy atom. The van der Waals surface area contributed by atoms with Crippen LogP contribution in [0.2, 0.25) is 0 Å². The van der Waals surface area contributed by atoms with Gasteiger partial charge in [0.25, 0.3) is 0 Å². The summed E-state index contributed by atoms with van der Waals surface area (Å²) in [7, 11) is 0. The molecule has 106 valence electrons. The normalized spacial score (nSPS) is 11.3. The fourth-order valence-corrected chi connectivity index (χ4v) is 3.62. The van der Waals surface area contributed by atoms with Gasteiger partial charge in [-0.05, 0) is 32.2 Å². The first kappa shape index (κ1) is 15.3. The maximum atomic E-state index is 5.89. The molecule has 3 N–H and O–H groups in total. The lowest BCUT2D eigenvalue weighted by atomic mass is 10.0. The third-order valence-electron chi connectivity index (χ3n) is 2.91. The van der Waals surface area contributed by atoms with Gasteiger partial charge >= 0.3 is 0 Å². The van der Waals surface area contributed by atoms with Crippen molar-refractivity contribution in [3.8, 4) is 0 Å². The highest BCUT2D eigenvalue weighted by atomic mass is 32.2. The third-order valence-corrected chi connectivity index (χ3v) is 4.99. The van der Waals surface area contributed by atoms with E-state index in [0.717, 1.165) is 21.2 Å². The molecule has 0 unspecified atom stereocenters. The third kappa shape index (κ3) is 3.13. The summed E-state index contributed by atoms with van der Waals surface area (Å²) < 4.78 is 0. The number of thioether (sulfide) groups is 1. The molecule has 0 atom stereocenters. The Hall–Kier alpha value is -1.11. The van der Waals surface area contributed by atoms with Gasteiger partial charge in [0.05, 0.1) is 5.54 Å². The standard InChI is InChI=1S/C14H17N3S3/c1-14(2,13-16-7-8-20-13)17-9-5-4-6-10(19-3)11(9)12(15)18/h4-8,17H,1-3H3,(H2,15,18). The highest BCUT2D eigenvalue weighted by Gasteiger charge is 2.25. The van der Waals surface area contributed by atoms with Crippen LogP contribution in [-0.2, 0) is 5.54 Å². The van der Waals surface area contributed by atoms with Crippen molar-refractivity contribution >= 4 is 46.0 Å². The van der Waals surface area contributed by atoms with Crippen LogP contribution in [0.25, 0.3) is 0 Å². The summed E-state index contributed by atoms with van der Waals surface area (Å²) in [5.41, 5.74) is 7.47. The number of aromatic nitrogens is 1. The van der Waals surface area contributed by atoms with Crippen LogP contribution in [0.1, 0.15) is 24.4 Å². The molecule has 0 aliphatic rings. The molecule has 3 nitrogen and oxygen atoms in total. The predicted octanol–water partition coefficient (Wildman–Crippen LogP) is 3.85. The smallest absolute Gasteiger partial charge is 0.117 e. The van der Waals surface area contributed by atoms with Crippen LogP contribution in [0.5, 0.6) is 0 Å². The molecule has 0 spiro atoms. The Labute approximate surface area is 133 Å². The Balaban J connectivity index is 2.41. The van der Waals surface area contributed by atoms with E-state index in [4.69, 9.17) is 18.0 Å². The van der Waals surface area contributed by atoms with Gasteiger partial charge in [-0.15, -0.1) is 23.1 Å². The molecule has 0 fully saturated rings. The fraction of sp³-hybridized carbons (Fsp3) is 0.286. The van der Waals surface area contributed by atoms with Gasteiger partial charge < -0.3 is 11.1 Å². The Kier molecular flexibility index (Phi) is 4.67. The minimum Gasteiger partial charge on any atom is -0.389 e. The molecular weight excluding hydrogens is 306 g/mol. The van der Waals surface area contributed by atoms with Crippen molar-refractivity contribution in [2.45, 2.75) is 24.3 Å². The zero-order chi connectivity index (χ0) is 14.8. The molecule has 1 aromatic carbocycles. The molecule has 0 aliphatic carbocycles. The highest BCUT2D eigenvalue weighted by molar-refractivity contribution is 7.98. The van der Waals surface area contributed by atoms with E-state index in [2.05, 4.69) is 24.1 Å². The molecule has 1 heterocycles. The van der Waals surface area contributed by atoms with Gasteiger partial charge in [0.1, 0.15) is 10.00 Å². The molecule has 0 saturated heterocycles. The molecule has 0 aliphatic heterocycles. The fourth-order valence-electron chi connectivity index (χ4n) is 1.98. The lowest BCUT2D eigenvalue weighted by Crippen LogP contribution is -2.29. The topological polar surface area (TPSA) is 50.9 Å². The Morgan fingerprint density at radius 1 is 1.45 bits per heavy atom. The van der Waals surface area contributed by atoms with Crippen LogP contribution in [0.3, 0.4) is 0 Å². The molecule has 0 radical (unpaired) electrons. The number of thiazole rings is 1. The number of benzene rings is 1. The lowest BCUT2D eigenvalue weighted by Gasteiger charge is -2.27. The first-order chi connectivity index (χ1) is 9.45. The van der Waals surface area contributed by atoms with Crippen LogP contribution in [0.15, 0.2) is 34.7 Å². The maximum Gasteiger partial charge on any atom is 0.117 e. The molecular formula is C14H17N3S3. The number of hydrogen-bond donors (Lipinski definition) is 2. The van der Waals surface area contributed by atoms with E-state index >= 15 is 0 Å². The zero-order valence-corrected chi connectivity index (χ0v) is 14.1. The highest BCUT2D eigenvalue weighted by Crippen LogP contribution is 2.32. The quantitative estimate of drug-likeness (QED) is 0.646. The van der Waals surface area contributed by atoms with Crippen molar-refractivity contribution in [3.05, 3.63) is 40.3 Å². The number of nitrogens with one attached hydrogen (secondary N) is 1. The van der Waals surface area contributed by atoms with Crippen molar-refractivity contribution in [2.24, 2.45) is 5.73 Å². The minimum atomic E-state index is -0.273. The van der Waals surface area contributed by atoms with Crippen LogP contribution in [-0.4, -0.2) is 16.2 Å². The predicted molar refractivity (Wildman–Crippen MR) is 92.9 cm³/mol. The number of hydrogen-bond acceptors (Lipinski definition) is 5. The Morgan fingerprint density at radius 3 is 2.75 bits per heavy atom. The first-order valence-electron chi connectivity index (χ1n) is 6.10. The van der Waals surface area contributed by atoms with E-state index in [0.29, 0.717) is 4.99 Å². The SMILES string of the molecule is CSc1cccc(NC(C)(C)c2nccs2)c1C(N)=S. The van der Waals surface area contributed by atoms with Gasteiger partial charge in [0.2, 0.25) is 0 Å². The van der Waals surface area contributed by atoms with E-state index in [9.17, 15) is 0 Å². The van der Waals surface area contributed by atoms with E-state index in [-0.39, 0.29) is 5.54 Å². The number of anilines is 1. The second-order valence-electron chi connectivity index (χ2n) is 4.83. The van der Waals surface area contributed by atoms with Crippen molar-refractivity contribution in [1.29, 1.82) is 0 Å². The average Bonchev–Trinajstić information content (AvgIpc) is 2.92. The number of nitrogens with two attached hydrogens (primary N) is 1. The van der Waals surface area contributed by atoms with E-state index < -0.39 is 0 Å². The van der Waals surface area contributed by atoms with Crippen LogP contribution in [0.4, 0.5) is 5.69 Å². The van der Waals surface area contributed by atoms with Crippen LogP contribution >= 0.6 is 35.3 Å². The summed E-state index contributed by atoms with van der Waals surface area (Å²) >= 11 is 8.48. The summed E-state index contributed by atoms with van der Waals surface area (Å²) in [6, 6.07) is 6.04. The second kappa shape index (κ2) is 6.11. The summed E-state index contributed by atoms with van der Waals surface area (Å²) in [4.78, 5) is 5.88. The first-order valence-corrected chi connectivity index (χ1v) is 8.62. The number of thiocarbonyl (C=S) groups is 1. The van der Waals surface area contributed by atoms with Gasteiger partial charge in [-0.2, -0.15) is 0 Å². The second-order valence-corrected chi connectivity index (χ2v) is 7.02. The van der Waals surface area contributed by atoms with Gasteiger partial charge in [0.15, 0.2) is 0 Å². The molecule has 0 saturated carbocycles. The van der Waals surface area contributed by atoms with Crippen molar-refractivity contribution in [1.82, 2.24) is 4.98 Å². The Bertz CT molecular complexity index is 606. The van der Waals surface area contributed by atoms with Crippen molar-refractivity contribution < 1.29 is 0 Å². The zero-order valence-electron chi connectivity index (χ0n) is 11.6. The van der Waals surface area contributed by atoms with Crippen LogP contribution in [0, 0.1) is 0 Å². The van der Waals surface area contributed by atoms with Gasteiger partial charge in [-0.25, -0.2) is 4.98 Å². The van der Waals surface area contributed by atoms with Gasteiger partial charge in [-0.1, -0.05) is 18.3 Å².